The molecule has 6 heterocycles. The monoisotopic (exact) mass is 788 g/mol. The highest BCUT2D eigenvalue weighted by Gasteiger charge is 2.23. The maximum absolute atomic E-state index is 5.54. The zero-order valence-corrected chi connectivity index (χ0v) is 34.6. The summed E-state index contributed by atoms with van der Waals surface area (Å²) in [5.41, 5.74) is 6.28. The lowest BCUT2D eigenvalue weighted by atomic mass is 10.0. The number of fused-ring (bicyclic) bond motifs is 2. The molecule has 0 N–H and O–H groups in total. The van der Waals surface area contributed by atoms with Crippen LogP contribution >= 0.6 is 57.1 Å². The molecule has 0 aliphatic carbocycles. The Morgan fingerprint density at radius 3 is 1.38 bits per heavy atom. The number of thiophene rings is 4. The summed E-state index contributed by atoms with van der Waals surface area (Å²) in [4.78, 5) is 18.2. The third kappa shape index (κ3) is 9.52. The zero-order chi connectivity index (χ0) is 36.2. The first-order valence-corrected chi connectivity index (χ1v) is 23.1. The van der Waals surface area contributed by atoms with Crippen LogP contribution in [0.2, 0.25) is 0 Å². The first kappa shape index (κ1) is 37.6. The fourth-order valence-corrected chi connectivity index (χ4v) is 10.3. The fraction of sp³-hybridized carbons (Fsp3) is 0.364. The summed E-state index contributed by atoms with van der Waals surface area (Å²) in [7, 11) is 0. The molecule has 9 heteroatoms. The van der Waals surface area contributed by atoms with E-state index in [2.05, 4.69) is 72.6 Å². The van der Waals surface area contributed by atoms with Crippen LogP contribution < -0.4 is 0 Å². The SMILES string of the molecule is CCCCCCCCc1ccc(-c2nc3c(C#Cc4cccs4)c4nsnc4c(C#Cc4cccs4)c3nc2-c2ccc(CCCCCCCC)s2)s1. The number of unbranched alkanes of at least 4 members (excludes halogenated alkanes) is 10. The van der Waals surface area contributed by atoms with E-state index in [-0.39, 0.29) is 0 Å². The molecule has 4 nitrogen and oxygen atoms in total. The van der Waals surface area contributed by atoms with E-state index in [1.165, 1.54) is 98.5 Å². The van der Waals surface area contributed by atoms with E-state index in [4.69, 9.17) is 18.7 Å². The molecular formula is C44H44N4S5. The predicted octanol–water partition coefficient (Wildman–Crippen LogP) is 13.8. The molecule has 0 bridgehead atoms. The molecule has 53 heavy (non-hydrogen) atoms. The number of aryl methyl sites for hydroxylation is 2. The summed E-state index contributed by atoms with van der Waals surface area (Å²) < 4.78 is 9.56. The van der Waals surface area contributed by atoms with Gasteiger partial charge in [-0.2, -0.15) is 8.75 Å². The van der Waals surface area contributed by atoms with E-state index >= 15 is 0 Å². The fourth-order valence-electron chi connectivity index (χ4n) is 6.49. The Morgan fingerprint density at radius 2 is 0.943 bits per heavy atom. The molecule has 0 amide bonds. The van der Waals surface area contributed by atoms with Crippen LogP contribution in [0, 0.1) is 23.7 Å². The van der Waals surface area contributed by atoms with Gasteiger partial charge < -0.3 is 0 Å². The van der Waals surface area contributed by atoms with Crippen molar-refractivity contribution in [2.75, 3.05) is 0 Å². The second-order valence-electron chi connectivity index (χ2n) is 13.4. The zero-order valence-electron chi connectivity index (χ0n) is 30.5. The van der Waals surface area contributed by atoms with Crippen molar-refractivity contribution in [1.29, 1.82) is 0 Å². The van der Waals surface area contributed by atoms with Crippen LogP contribution in [-0.4, -0.2) is 18.7 Å². The van der Waals surface area contributed by atoms with E-state index in [1.54, 1.807) is 22.7 Å². The van der Waals surface area contributed by atoms with Crippen molar-refractivity contribution >= 4 is 79.1 Å². The molecule has 0 saturated heterocycles. The van der Waals surface area contributed by atoms with Gasteiger partial charge in [0.2, 0.25) is 0 Å². The van der Waals surface area contributed by atoms with Crippen LogP contribution in [0.3, 0.4) is 0 Å². The van der Waals surface area contributed by atoms with Gasteiger partial charge in [-0.25, -0.2) is 9.97 Å². The van der Waals surface area contributed by atoms with Crippen LogP contribution in [-0.2, 0) is 12.8 Å². The number of hydrogen-bond donors (Lipinski definition) is 0. The first-order chi connectivity index (χ1) is 26.2. The molecule has 7 rings (SSSR count). The smallest absolute Gasteiger partial charge is 0.124 e. The average Bonchev–Trinajstić information content (AvgIpc) is 4.03. The molecule has 7 aromatic rings. The molecule has 1 aromatic carbocycles. The van der Waals surface area contributed by atoms with Crippen LogP contribution in [0.5, 0.6) is 0 Å². The van der Waals surface area contributed by atoms with Gasteiger partial charge in [0.25, 0.3) is 0 Å². The second kappa shape index (κ2) is 19.1. The highest BCUT2D eigenvalue weighted by atomic mass is 32.1. The van der Waals surface area contributed by atoms with E-state index in [0.717, 1.165) is 76.9 Å². The highest BCUT2D eigenvalue weighted by molar-refractivity contribution is 7.16. The number of benzene rings is 1. The molecule has 270 valence electrons. The standard InChI is InChI=1S/C44H44N4S5/c1-3-5-7-9-11-13-17-33-23-27-37(51-33)43-44(38-28-24-34(52-38)18-14-12-10-8-6-4-2)46-40-36(26-22-32-20-16-30-50-32)42-41(47-53-48-42)35(39(40)45-43)25-21-31-19-15-29-49-31/h15-16,19-20,23-24,27-30H,3-14,17-18H2,1-2H3. The summed E-state index contributed by atoms with van der Waals surface area (Å²) in [6, 6.07) is 17.2. The summed E-state index contributed by atoms with van der Waals surface area (Å²) in [5.74, 6) is 13.7. The Kier molecular flexibility index (Phi) is 13.5. The third-order valence-electron chi connectivity index (χ3n) is 9.34. The lowest BCUT2D eigenvalue weighted by Gasteiger charge is -2.11. The molecule has 0 aliphatic heterocycles. The highest BCUT2D eigenvalue weighted by Crippen LogP contribution is 2.41. The van der Waals surface area contributed by atoms with Crippen molar-refractivity contribution < 1.29 is 0 Å². The minimum absolute atomic E-state index is 0.734. The third-order valence-corrected chi connectivity index (χ3v) is 13.7. The Morgan fingerprint density at radius 1 is 0.491 bits per heavy atom. The van der Waals surface area contributed by atoms with Crippen molar-refractivity contribution in [3.8, 4) is 44.8 Å². The van der Waals surface area contributed by atoms with Gasteiger partial charge in [-0.1, -0.05) is 114 Å². The van der Waals surface area contributed by atoms with Gasteiger partial charge in [-0.05, 0) is 72.8 Å². The molecular weight excluding hydrogens is 745 g/mol. The van der Waals surface area contributed by atoms with Gasteiger partial charge in [0.05, 0.1) is 42.4 Å². The molecule has 6 aromatic heterocycles. The van der Waals surface area contributed by atoms with Gasteiger partial charge >= 0.3 is 0 Å². The van der Waals surface area contributed by atoms with Crippen molar-refractivity contribution in [3.63, 3.8) is 0 Å². The number of hydrogen-bond acceptors (Lipinski definition) is 9. The van der Waals surface area contributed by atoms with Crippen molar-refractivity contribution in [1.82, 2.24) is 18.7 Å². The minimum atomic E-state index is 0.734. The number of nitrogens with zero attached hydrogens (tertiary/aromatic N) is 4. The van der Waals surface area contributed by atoms with Crippen molar-refractivity contribution in [3.05, 3.63) is 89.9 Å². The lowest BCUT2D eigenvalue weighted by Crippen LogP contribution is -1.99. The molecule has 0 radical (unpaired) electrons. The molecule has 0 atom stereocenters. The van der Waals surface area contributed by atoms with E-state index < -0.39 is 0 Å². The normalized spacial score (nSPS) is 11.2. The molecule has 0 unspecified atom stereocenters. The summed E-state index contributed by atoms with van der Waals surface area (Å²) in [6.07, 6.45) is 17.7. The average molecular weight is 789 g/mol. The summed E-state index contributed by atoms with van der Waals surface area (Å²) in [5, 5.41) is 4.10. The maximum Gasteiger partial charge on any atom is 0.124 e. The van der Waals surface area contributed by atoms with Gasteiger partial charge in [0.1, 0.15) is 33.5 Å². The maximum atomic E-state index is 5.54. The van der Waals surface area contributed by atoms with Crippen LogP contribution in [0.4, 0.5) is 0 Å². The predicted molar refractivity (Wildman–Crippen MR) is 232 cm³/mol. The van der Waals surface area contributed by atoms with E-state index in [9.17, 15) is 0 Å². The second-order valence-corrected chi connectivity index (χ2v) is 18.1. The summed E-state index contributed by atoms with van der Waals surface area (Å²) >= 11 is 8.16. The number of rotatable bonds is 16. The molecule has 0 spiro atoms. The van der Waals surface area contributed by atoms with Gasteiger partial charge in [-0.15, -0.1) is 45.3 Å². The Balaban J connectivity index is 1.34. The Bertz CT molecular complexity index is 2190. The molecule has 0 saturated carbocycles. The minimum Gasteiger partial charge on any atom is -0.241 e. The van der Waals surface area contributed by atoms with Crippen LogP contribution in [0.25, 0.3) is 43.2 Å². The lowest BCUT2D eigenvalue weighted by molar-refractivity contribution is 0.609. The summed E-state index contributed by atoms with van der Waals surface area (Å²) in [6.45, 7) is 4.55. The van der Waals surface area contributed by atoms with Crippen molar-refractivity contribution in [2.45, 2.75) is 104 Å². The van der Waals surface area contributed by atoms with Gasteiger partial charge in [-0.3, -0.25) is 0 Å². The van der Waals surface area contributed by atoms with Gasteiger partial charge in [0, 0.05) is 9.75 Å². The number of aromatic nitrogens is 4. The Labute approximate surface area is 334 Å². The van der Waals surface area contributed by atoms with Crippen molar-refractivity contribution in [2.24, 2.45) is 0 Å². The quantitative estimate of drug-likeness (QED) is 0.0723. The first-order valence-electron chi connectivity index (χ1n) is 19.0. The van der Waals surface area contributed by atoms with Crippen LogP contribution in [0.15, 0.2) is 59.3 Å². The molecule has 0 aliphatic rings. The Hall–Kier alpha value is -3.70. The molecule has 0 fully saturated rings. The van der Waals surface area contributed by atoms with E-state index in [0.29, 0.717) is 0 Å². The van der Waals surface area contributed by atoms with Crippen LogP contribution in [0.1, 0.15) is 122 Å². The topological polar surface area (TPSA) is 51.6 Å². The van der Waals surface area contributed by atoms with E-state index in [1.807, 2.05) is 46.9 Å². The van der Waals surface area contributed by atoms with Gasteiger partial charge in [0.15, 0.2) is 0 Å². The largest absolute Gasteiger partial charge is 0.241 e.